The molecule has 4 fully saturated rings. The number of carbonyl (C=O) groups is 3. The Balaban J connectivity index is 1.29. The molecule has 10 heteroatoms. The van der Waals surface area contributed by atoms with Gasteiger partial charge in [0.2, 0.25) is 0 Å². The molecule has 0 amide bonds. The van der Waals surface area contributed by atoms with E-state index in [4.69, 9.17) is 4.74 Å². The van der Waals surface area contributed by atoms with E-state index in [-0.39, 0.29) is 51.8 Å². The van der Waals surface area contributed by atoms with E-state index in [9.17, 15) is 24.6 Å². The van der Waals surface area contributed by atoms with Crippen LogP contribution in [-0.4, -0.2) is 93.6 Å². The third kappa shape index (κ3) is 7.09. The SMILES string of the molecule is CC(C)C1=C2[C@H]3CC[C@@H]4[C@@]5(C)CCC(OC(=O)CC(C)(C)C(=O)O)C(C)(C)[C@@H]5CC[C@@]4(C)[C@]3(C)CC[C@@]2([C@@H](O)CN(CCN(C)C)Cc2cncnc2)CC1=O. The number of carboxylic acids is 1. The Morgan fingerprint density at radius 3 is 2.23 bits per heavy atom. The van der Waals surface area contributed by atoms with Crippen LogP contribution in [0.3, 0.4) is 0 Å². The number of Topliss-reactive ketones (excluding diaryl/α,β-unsaturated/α-hetero) is 1. The summed E-state index contributed by atoms with van der Waals surface area (Å²) in [5, 5.41) is 22.3. The number of aliphatic carboxylic acids is 1. The summed E-state index contributed by atoms with van der Waals surface area (Å²) >= 11 is 0. The smallest absolute Gasteiger partial charge is 0.309 e. The van der Waals surface area contributed by atoms with Crippen molar-refractivity contribution in [3.8, 4) is 0 Å². The zero-order valence-corrected chi connectivity index (χ0v) is 36.4. The van der Waals surface area contributed by atoms with Crippen LogP contribution in [0.5, 0.6) is 0 Å². The Kier molecular flexibility index (Phi) is 11.6. The maximum Gasteiger partial charge on any atom is 0.309 e. The molecule has 1 heterocycles. The highest BCUT2D eigenvalue weighted by Crippen LogP contribution is 2.77. The number of allylic oxidation sites excluding steroid dienone is 1. The van der Waals surface area contributed by atoms with Crippen molar-refractivity contribution in [1.29, 1.82) is 0 Å². The summed E-state index contributed by atoms with van der Waals surface area (Å²) < 4.78 is 6.19. The fraction of sp³-hybridized carbons (Fsp3) is 0.804. The van der Waals surface area contributed by atoms with E-state index in [0.29, 0.717) is 31.3 Å². The molecule has 1 aromatic rings. The zero-order valence-electron chi connectivity index (χ0n) is 36.4. The number of aromatic nitrogens is 2. The molecule has 312 valence electrons. The number of ketones is 1. The average molecular weight is 777 g/mol. The molecule has 5 aliphatic carbocycles. The van der Waals surface area contributed by atoms with Gasteiger partial charge in [-0.15, -0.1) is 0 Å². The number of hydrogen-bond acceptors (Lipinski definition) is 9. The van der Waals surface area contributed by atoms with E-state index in [1.807, 2.05) is 12.4 Å². The lowest BCUT2D eigenvalue weighted by atomic mass is 9.33. The highest BCUT2D eigenvalue weighted by molar-refractivity contribution is 6.00. The first-order valence-electron chi connectivity index (χ1n) is 21.5. The molecule has 0 radical (unpaired) electrons. The largest absolute Gasteiger partial charge is 0.481 e. The highest BCUT2D eigenvalue weighted by atomic mass is 16.5. The van der Waals surface area contributed by atoms with Crippen LogP contribution in [-0.2, 0) is 25.7 Å². The number of nitrogens with zero attached hydrogens (tertiary/aromatic N) is 4. The zero-order chi connectivity index (χ0) is 41.2. The Labute approximate surface area is 336 Å². The monoisotopic (exact) mass is 777 g/mol. The normalized spacial score (nSPS) is 35.9. The summed E-state index contributed by atoms with van der Waals surface area (Å²) in [5.74, 6) is -0.0122. The average Bonchev–Trinajstić information content (AvgIpc) is 3.42. The van der Waals surface area contributed by atoms with Gasteiger partial charge in [0.05, 0.1) is 17.9 Å². The Hall–Kier alpha value is -2.69. The van der Waals surface area contributed by atoms with Gasteiger partial charge >= 0.3 is 11.9 Å². The van der Waals surface area contributed by atoms with Crippen molar-refractivity contribution >= 4 is 17.7 Å². The summed E-state index contributed by atoms with van der Waals surface area (Å²) in [6, 6.07) is 0. The first-order chi connectivity index (χ1) is 26.0. The maximum atomic E-state index is 14.3. The quantitative estimate of drug-likeness (QED) is 0.193. The molecule has 1 unspecified atom stereocenters. The van der Waals surface area contributed by atoms with Gasteiger partial charge in [0.15, 0.2) is 5.78 Å². The van der Waals surface area contributed by atoms with Crippen LogP contribution in [0.4, 0.5) is 0 Å². The number of ether oxygens (including phenoxy) is 1. The fourth-order valence-corrected chi connectivity index (χ4v) is 13.6. The van der Waals surface area contributed by atoms with Crippen molar-refractivity contribution in [2.75, 3.05) is 33.7 Å². The molecule has 5 aliphatic rings. The summed E-state index contributed by atoms with van der Waals surface area (Å²) in [6.07, 6.45) is 12.3. The molecule has 0 spiro atoms. The third-order valence-corrected chi connectivity index (χ3v) is 16.8. The maximum absolute atomic E-state index is 14.3. The Morgan fingerprint density at radius 2 is 1.61 bits per heavy atom. The van der Waals surface area contributed by atoms with Crippen LogP contribution in [0.1, 0.15) is 132 Å². The van der Waals surface area contributed by atoms with Crippen LogP contribution >= 0.6 is 0 Å². The second-order valence-corrected chi connectivity index (χ2v) is 21.4. The first kappa shape index (κ1) is 42.9. The minimum atomic E-state index is -1.17. The molecular formula is C46H72N4O6. The van der Waals surface area contributed by atoms with Crippen LogP contribution in [0.2, 0.25) is 0 Å². The number of carboxylic acid groups (broad SMARTS) is 1. The summed E-state index contributed by atoms with van der Waals surface area (Å²) in [4.78, 5) is 52.2. The van der Waals surface area contributed by atoms with E-state index >= 15 is 0 Å². The van der Waals surface area contributed by atoms with Crippen molar-refractivity contribution in [2.24, 2.45) is 56.2 Å². The topological polar surface area (TPSA) is 133 Å². The number of fused-ring (bicyclic) bond motifs is 7. The van der Waals surface area contributed by atoms with Crippen molar-refractivity contribution in [2.45, 2.75) is 145 Å². The second-order valence-electron chi connectivity index (χ2n) is 21.4. The molecule has 0 aliphatic heterocycles. The number of rotatable bonds is 13. The van der Waals surface area contributed by atoms with Crippen molar-refractivity contribution in [1.82, 2.24) is 19.8 Å². The van der Waals surface area contributed by atoms with E-state index in [1.54, 1.807) is 20.2 Å². The molecule has 9 atom stereocenters. The molecule has 56 heavy (non-hydrogen) atoms. The first-order valence-corrected chi connectivity index (χ1v) is 21.5. The van der Waals surface area contributed by atoms with Crippen molar-refractivity contribution in [3.63, 3.8) is 0 Å². The van der Waals surface area contributed by atoms with Gasteiger partial charge in [-0.3, -0.25) is 19.3 Å². The minimum absolute atomic E-state index is 0.0327. The fourth-order valence-electron chi connectivity index (χ4n) is 13.6. The number of carbonyl (C=O) groups excluding carboxylic acids is 2. The van der Waals surface area contributed by atoms with E-state index in [2.05, 4.69) is 82.3 Å². The Morgan fingerprint density at radius 1 is 0.929 bits per heavy atom. The van der Waals surface area contributed by atoms with Gasteiger partial charge in [0.25, 0.3) is 0 Å². The van der Waals surface area contributed by atoms with Gasteiger partial charge in [0.1, 0.15) is 12.4 Å². The van der Waals surface area contributed by atoms with Gasteiger partial charge in [-0.05, 0) is 125 Å². The molecule has 4 saturated carbocycles. The van der Waals surface area contributed by atoms with Gasteiger partial charge in [0, 0.05) is 61.4 Å². The van der Waals surface area contributed by atoms with Crippen LogP contribution in [0.25, 0.3) is 0 Å². The second kappa shape index (κ2) is 15.2. The van der Waals surface area contributed by atoms with Crippen molar-refractivity contribution in [3.05, 3.63) is 35.4 Å². The molecular weight excluding hydrogens is 705 g/mol. The number of likely N-dealkylation sites (N-methyl/N-ethyl adjacent to an activating group) is 1. The number of esters is 1. The molecule has 10 nitrogen and oxygen atoms in total. The highest BCUT2D eigenvalue weighted by Gasteiger charge is 2.71. The van der Waals surface area contributed by atoms with Gasteiger partial charge in [-0.25, -0.2) is 9.97 Å². The molecule has 0 aromatic carbocycles. The van der Waals surface area contributed by atoms with E-state index in [1.165, 1.54) is 5.57 Å². The summed E-state index contributed by atoms with van der Waals surface area (Å²) in [5.41, 5.74) is 1.37. The number of aliphatic hydroxyl groups is 1. The lowest BCUT2D eigenvalue weighted by Gasteiger charge is -2.72. The Bertz CT molecular complexity index is 1690. The standard InChI is InChI=1S/C46H72N4O6/c1-29(2)38-32(51)22-46(35(52)27-50(21-20-49(10)11)26-30-24-47-28-48-25-30)19-18-44(8)31(39(38)46)12-13-34-43(7)16-15-36(56-37(53)23-41(3,4)40(54)55)42(5,6)33(43)14-17-45(34,44)9/h24-25,28-29,31,33-36,52H,12-23,26-27H2,1-11H3,(H,54,55)/t31-,33+,34-,35+,36?,43+,44-,45-,46+/m1/s1. The third-order valence-electron chi connectivity index (χ3n) is 16.8. The van der Waals surface area contributed by atoms with Crippen LogP contribution < -0.4 is 0 Å². The van der Waals surface area contributed by atoms with E-state index in [0.717, 1.165) is 75.6 Å². The molecule has 0 bridgehead atoms. The lowest BCUT2D eigenvalue weighted by molar-refractivity contribution is -0.235. The lowest BCUT2D eigenvalue weighted by Crippen LogP contribution is -2.66. The van der Waals surface area contributed by atoms with Crippen LogP contribution in [0, 0.1) is 56.2 Å². The van der Waals surface area contributed by atoms with Gasteiger partial charge in [-0.2, -0.15) is 0 Å². The molecule has 0 saturated heterocycles. The van der Waals surface area contributed by atoms with Crippen molar-refractivity contribution < 1.29 is 29.3 Å². The minimum Gasteiger partial charge on any atom is -0.481 e. The van der Waals surface area contributed by atoms with Crippen LogP contribution in [0.15, 0.2) is 29.9 Å². The predicted octanol–water partition coefficient (Wildman–Crippen LogP) is 7.59. The summed E-state index contributed by atoms with van der Waals surface area (Å²) in [7, 11) is 4.15. The molecule has 2 N–H and O–H groups in total. The summed E-state index contributed by atoms with van der Waals surface area (Å²) in [6.45, 7) is 22.5. The predicted molar refractivity (Wildman–Crippen MR) is 217 cm³/mol. The number of aliphatic hydroxyl groups excluding tert-OH is 1. The molecule has 1 aromatic heterocycles. The van der Waals surface area contributed by atoms with Gasteiger partial charge < -0.3 is 19.8 Å². The number of hydrogen-bond donors (Lipinski definition) is 2. The van der Waals surface area contributed by atoms with E-state index < -0.39 is 28.9 Å². The molecule has 6 rings (SSSR count). The van der Waals surface area contributed by atoms with Gasteiger partial charge in [-0.1, -0.05) is 54.0 Å².